The molecule has 23 heavy (non-hydrogen) atoms. The summed E-state index contributed by atoms with van der Waals surface area (Å²) < 4.78 is 5.79. The predicted octanol–water partition coefficient (Wildman–Crippen LogP) is 2.73. The third-order valence-corrected chi connectivity index (χ3v) is 3.88. The third kappa shape index (κ3) is 4.36. The van der Waals surface area contributed by atoms with Crippen molar-refractivity contribution >= 4 is 29.2 Å². The summed E-state index contributed by atoms with van der Waals surface area (Å²) in [4.78, 5) is 25.9. The van der Waals surface area contributed by atoms with Gasteiger partial charge < -0.3 is 20.3 Å². The van der Waals surface area contributed by atoms with Crippen LogP contribution in [0.25, 0.3) is 0 Å². The maximum absolute atomic E-state index is 12.5. The molecule has 1 aromatic rings. The van der Waals surface area contributed by atoms with E-state index in [0.717, 1.165) is 0 Å². The van der Waals surface area contributed by atoms with Gasteiger partial charge in [-0.15, -0.1) is 0 Å². The minimum Gasteiger partial charge on any atom is -0.369 e. The fraction of sp³-hybridized carbons (Fsp3) is 0.500. The molecule has 0 spiro atoms. The molecule has 1 heterocycles. The normalized spacial score (nSPS) is 20.0. The third-order valence-electron chi connectivity index (χ3n) is 3.55. The molecule has 7 heteroatoms. The van der Waals surface area contributed by atoms with Gasteiger partial charge in [0.1, 0.15) is 0 Å². The maximum atomic E-state index is 12.5. The van der Waals surface area contributed by atoms with Crippen LogP contribution in [0.5, 0.6) is 0 Å². The van der Waals surface area contributed by atoms with Crippen molar-refractivity contribution in [1.29, 1.82) is 0 Å². The van der Waals surface area contributed by atoms with Gasteiger partial charge in [-0.1, -0.05) is 11.6 Å². The number of hydrogen-bond donors (Lipinski definition) is 2. The lowest BCUT2D eigenvalue weighted by Gasteiger charge is -2.41. The van der Waals surface area contributed by atoms with Crippen LogP contribution in [-0.4, -0.2) is 48.7 Å². The van der Waals surface area contributed by atoms with Crippen LogP contribution in [0.3, 0.4) is 0 Å². The van der Waals surface area contributed by atoms with Gasteiger partial charge in [-0.2, -0.15) is 0 Å². The lowest BCUT2D eigenvalue weighted by Crippen LogP contribution is -2.54. The number of amides is 3. The van der Waals surface area contributed by atoms with Crippen LogP contribution in [0.2, 0.25) is 5.02 Å². The number of urea groups is 1. The van der Waals surface area contributed by atoms with Crippen LogP contribution >= 0.6 is 11.6 Å². The monoisotopic (exact) mass is 339 g/mol. The molecule has 1 aliphatic heterocycles. The van der Waals surface area contributed by atoms with E-state index in [4.69, 9.17) is 16.3 Å². The van der Waals surface area contributed by atoms with Gasteiger partial charge in [-0.25, -0.2) is 4.79 Å². The van der Waals surface area contributed by atoms with Crippen LogP contribution in [0.15, 0.2) is 18.2 Å². The molecule has 2 rings (SSSR count). The first-order valence-corrected chi connectivity index (χ1v) is 7.85. The highest BCUT2D eigenvalue weighted by Gasteiger charge is 2.33. The van der Waals surface area contributed by atoms with Crippen molar-refractivity contribution in [2.24, 2.45) is 0 Å². The fourth-order valence-corrected chi connectivity index (χ4v) is 2.87. The summed E-state index contributed by atoms with van der Waals surface area (Å²) in [5.74, 6) is -0.238. The van der Waals surface area contributed by atoms with Gasteiger partial charge in [0.2, 0.25) is 0 Å². The van der Waals surface area contributed by atoms with Crippen LogP contribution in [-0.2, 0) is 4.74 Å². The number of rotatable bonds is 2. The summed E-state index contributed by atoms with van der Waals surface area (Å²) in [5, 5.41) is 5.70. The van der Waals surface area contributed by atoms with Crippen LogP contribution in [0, 0.1) is 0 Å². The quantitative estimate of drug-likeness (QED) is 0.870. The zero-order valence-electron chi connectivity index (χ0n) is 13.8. The Hall–Kier alpha value is -1.79. The summed E-state index contributed by atoms with van der Waals surface area (Å²) in [6.45, 7) is 6.81. The molecule has 0 aliphatic carbocycles. The van der Waals surface area contributed by atoms with E-state index in [1.807, 2.05) is 20.8 Å². The van der Waals surface area contributed by atoms with E-state index in [1.54, 1.807) is 30.1 Å². The van der Waals surface area contributed by atoms with Gasteiger partial charge in [0.25, 0.3) is 5.91 Å². The zero-order valence-corrected chi connectivity index (χ0v) is 14.5. The Balaban J connectivity index is 2.15. The second-order valence-electron chi connectivity index (χ2n) is 6.27. The molecule has 1 aliphatic rings. The predicted molar refractivity (Wildman–Crippen MR) is 90.1 cm³/mol. The first-order chi connectivity index (χ1) is 10.7. The van der Waals surface area contributed by atoms with Crippen molar-refractivity contribution in [3.05, 3.63) is 28.8 Å². The highest BCUT2D eigenvalue weighted by atomic mass is 35.5. The van der Waals surface area contributed by atoms with Gasteiger partial charge in [-0.05, 0) is 39.0 Å². The molecular weight excluding hydrogens is 318 g/mol. The molecular formula is C16H22ClN3O3. The Morgan fingerprint density at radius 1 is 1.39 bits per heavy atom. The molecule has 1 fully saturated rings. The number of ether oxygens (including phenoxy) is 1. The summed E-state index contributed by atoms with van der Waals surface area (Å²) in [6, 6.07) is 4.50. The summed E-state index contributed by atoms with van der Waals surface area (Å²) in [5.41, 5.74) is 0.445. The first kappa shape index (κ1) is 17.6. The summed E-state index contributed by atoms with van der Waals surface area (Å²) >= 11 is 6.12. The fourth-order valence-electron chi connectivity index (χ4n) is 2.71. The van der Waals surface area contributed by atoms with Crippen molar-refractivity contribution in [3.63, 3.8) is 0 Å². The van der Waals surface area contributed by atoms with Gasteiger partial charge in [0.15, 0.2) is 0 Å². The SMILES string of the molecule is CNC(=O)c1ccc(Cl)c(NC(=O)N2C[C@H](C)OC(C)(C)C2)c1. The number of hydrogen-bond acceptors (Lipinski definition) is 3. The average Bonchev–Trinajstić information content (AvgIpc) is 2.46. The lowest BCUT2D eigenvalue weighted by molar-refractivity contribution is -0.116. The van der Waals surface area contributed by atoms with E-state index >= 15 is 0 Å². The zero-order chi connectivity index (χ0) is 17.2. The minimum atomic E-state index is -0.400. The molecule has 6 nitrogen and oxygen atoms in total. The Bertz CT molecular complexity index is 619. The van der Waals surface area contributed by atoms with E-state index in [9.17, 15) is 9.59 Å². The largest absolute Gasteiger partial charge is 0.369 e. The van der Waals surface area contributed by atoms with Gasteiger partial charge in [-0.3, -0.25) is 4.79 Å². The molecule has 2 N–H and O–H groups in total. The number of nitrogens with one attached hydrogen (secondary N) is 2. The Morgan fingerprint density at radius 3 is 2.70 bits per heavy atom. The molecule has 1 atom stereocenters. The van der Waals surface area contributed by atoms with Gasteiger partial charge in [0, 0.05) is 19.2 Å². The molecule has 0 bridgehead atoms. The average molecular weight is 340 g/mol. The number of anilines is 1. The van der Waals surface area contributed by atoms with Crippen molar-refractivity contribution in [1.82, 2.24) is 10.2 Å². The van der Waals surface area contributed by atoms with Crippen LogP contribution in [0.1, 0.15) is 31.1 Å². The Morgan fingerprint density at radius 2 is 2.09 bits per heavy atom. The maximum Gasteiger partial charge on any atom is 0.322 e. The molecule has 1 saturated heterocycles. The first-order valence-electron chi connectivity index (χ1n) is 7.47. The molecule has 126 valence electrons. The topological polar surface area (TPSA) is 70.7 Å². The number of carbonyl (C=O) groups excluding carboxylic acids is 2. The van der Waals surface area contributed by atoms with Gasteiger partial charge >= 0.3 is 6.03 Å². The lowest BCUT2D eigenvalue weighted by atomic mass is 10.1. The van der Waals surface area contributed by atoms with E-state index in [0.29, 0.717) is 29.4 Å². The van der Waals surface area contributed by atoms with Crippen LogP contribution in [0.4, 0.5) is 10.5 Å². The number of morpholine rings is 1. The van der Waals surface area contributed by atoms with Gasteiger partial charge in [0.05, 0.1) is 29.0 Å². The van der Waals surface area contributed by atoms with Crippen molar-refractivity contribution < 1.29 is 14.3 Å². The van der Waals surface area contributed by atoms with E-state index in [2.05, 4.69) is 10.6 Å². The second-order valence-corrected chi connectivity index (χ2v) is 6.68. The summed E-state index contributed by atoms with van der Waals surface area (Å²) in [7, 11) is 1.55. The van der Waals surface area contributed by atoms with E-state index in [1.165, 1.54) is 0 Å². The molecule has 3 amide bonds. The highest BCUT2D eigenvalue weighted by molar-refractivity contribution is 6.33. The minimum absolute atomic E-state index is 0.0443. The smallest absolute Gasteiger partial charge is 0.322 e. The highest BCUT2D eigenvalue weighted by Crippen LogP contribution is 2.25. The van der Waals surface area contributed by atoms with E-state index < -0.39 is 5.60 Å². The number of nitrogens with zero attached hydrogens (tertiary/aromatic N) is 1. The van der Waals surface area contributed by atoms with E-state index in [-0.39, 0.29) is 18.0 Å². The molecule has 0 aromatic heterocycles. The standard InChI is InChI=1S/C16H22ClN3O3/c1-10-8-20(9-16(2,3)23-10)15(22)19-13-7-11(14(21)18-4)5-6-12(13)17/h5-7,10H,8-9H2,1-4H3,(H,18,21)(H,19,22)/t10-/m0/s1. The summed E-state index contributed by atoms with van der Waals surface area (Å²) in [6.07, 6.45) is -0.0443. The Labute approximate surface area is 141 Å². The Kier molecular flexibility index (Phi) is 5.16. The number of halogens is 1. The second kappa shape index (κ2) is 6.76. The molecule has 1 aromatic carbocycles. The number of carbonyl (C=O) groups is 2. The molecule has 0 radical (unpaired) electrons. The van der Waals surface area contributed by atoms with Crippen LogP contribution < -0.4 is 10.6 Å². The molecule has 0 saturated carbocycles. The van der Waals surface area contributed by atoms with Crippen molar-refractivity contribution in [2.75, 3.05) is 25.5 Å². The molecule has 0 unspecified atom stereocenters. The van der Waals surface area contributed by atoms with Crippen molar-refractivity contribution in [2.45, 2.75) is 32.5 Å². The number of benzene rings is 1. The van der Waals surface area contributed by atoms with Crippen molar-refractivity contribution in [3.8, 4) is 0 Å².